The van der Waals surface area contributed by atoms with E-state index in [1.807, 2.05) is 0 Å². The summed E-state index contributed by atoms with van der Waals surface area (Å²) in [6, 6.07) is 10.6. The van der Waals surface area contributed by atoms with E-state index in [2.05, 4.69) is 73.1 Å². The van der Waals surface area contributed by atoms with Gasteiger partial charge >= 0.3 is 5.97 Å². The molecule has 0 aliphatic carbocycles. The van der Waals surface area contributed by atoms with Gasteiger partial charge in [0.05, 0.1) is 34.4 Å². The highest BCUT2D eigenvalue weighted by molar-refractivity contribution is 6.10. The molecule has 8 heterocycles. The number of aromatic nitrogens is 12. The SMILES string of the molecule is Cn1cc(NC(=O)c2cc(NC(=O)c3cc(NC(=O)c4nc(NC(=O)[C@H](N)CCNC(=O)c5nc(NC(=O)c6cc(NC(=O)c7nc(NC(=O)c8nccn8C)cn7C)cn6C)cn5C)cn4C)cn3C)cn2C)cc1C(=O)NCCCCCCCNC(=O)c1cccc(C(=O)O)c1. The number of benzene rings is 1. The Labute approximate surface area is 558 Å². The molecular formula is C63H73N23O12. The van der Waals surface area contributed by atoms with Crippen LogP contribution < -0.4 is 58.9 Å². The van der Waals surface area contributed by atoms with E-state index >= 15 is 0 Å². The smallest absolute Gasteiger partial charge is 0.335 e. The first-order chi connectivity index (χ1) is 46.7. The number of aryl methyl sites for hydroxylation is 8. The van der Waals surface area contributed by atoms with Gasteiger partial charge in [-0.25, -0.2) is 24.7 Å². The maximum atomic E-state index is 13.6. The van der Waals surface area contributed by atoms with E-state index < -0.39 is 59.3 Å². The number of hydrogen-bond donors (Lipinski definition) is 12. The summed E-state index contributed by atoms with van der Waals surface area (Å²) >= 11 is 0. The van der Waals surface area contributed by atoms with Crippen molar-refractivity contribution in [2.75, 3.05) is 56.9 Å². The molecule has 0 fully saturated rings. The summed E-state index contributed by atoms with van der Waals surface area (Å²) in [5, 5.41) is 36.3. The molecule has 1 atom stereocenters. The van der Waals surface area contributed by atoms with Gasteiger partial charge in [0.25, 0.3) is 53.2 Å². The van der Waals surface area contributed by atoms with E-state index in [9.17, 15) is 52.7 Å². The Bertz CT molecular complexity index is 4560. The third-order valence-corrected chi connectivity index (χ3v) is 15.4. The molecule has 0 aliphatic heterocycles. The molecule has 0 unspecified atom stereocenters. The molecule has 0 saturated carbocycles. The Balaban J connectivity index is 0.671. The van der Waals surface area contributed by atoms with Crippen LogP contribution in [0.3, 0.4) is 0 Å². The zero-order valence-electron chi connectivity index (χ0n) is 54.6. The molecule has 9 aromatic rings. The molecule has 13 N–H and O–H groups in total. The Morgan fingerprint density at radius 1 is 0.398 bits per heavy atom. The summed E-state index contributed by atoms with van der Waals surface area (Å²) < 4.78 is 11.8. The first-order valence-electron chi connectivity index (χ1n) is 30.6. The lowest BCUT2D eigenvalue weighted by Crippen LogP contribution is -2.39. The fraction of sp³-hybridized carbons (Fsp3) is 0.286. The zero-order chi connectivity index (χ0) is 70.6. The van der Waals surface area contributed by atoms with Gasteiger partial charge in [-0.3, -0.25) is 47.9 Å². The van der Waals surface area contributed by atoms with E-state index in [0.29, 0.717) is 30.2 Å². The fourth-order valence-corrected chi connectivity index (χ4v) is 10.3. The van der Waals surface area contributed by atoms with Crippen LogP contribution in [-0.2, 0) is 61.2 Å². The average Bonchev–Trinajstić information content (AvgIpc) is 1.68. The number of nitrogens with zero attached hydrogens (tertiary/aromatic N) is 12. The summed E-state index contributed by atoms with van der Waals surface area (Å²) in [4.78, 5) is 160. The predicted molar refractivity (Wildman–Crippen MR) is 357 cm³/mol. The first kappa shape index (κ1) is 69.6. The number of carboxylic acid groups (broad SMARTS) is 1. The van der Waals surface area contributed by atoms with E-state index in [4.69, 9.17) is 10.8 Å². The summed E-state index contributed by atoms with van der Waals surface area (Å²) in [6.07, 6.45) is 17.6. The molecule has 0 aliphatic rings. The van der Waals surface area contributed by atoms with Crippen molar-refractivity contribution >= 4 is 105 Å². The lowest BCUT2D eigenvalue weighted by Gasteiger charge is -2.11. The van der Waals surface area contributed by atoms with Gasteiger partial charge in [-0.1, -0.05) is 25.3 Å². The van der Waals surface area contributed by atoms with Gasteiger partial charge in [0.2, 0.25) is 23.4 Å². The monoisotopic (exact) mass is 1340 g/mol. The number of aromatic carboxylic acids is 1. The number of hydrogen-bond acceptors (Lipinski definition) is 16. The van der Waals surface area contributed by atoms with Gasteiger partial charge < -0.3 is 101 Å². The van der Waals surface area contributed by atoms with Crippen molar-refractivity contribution in [1.29, 1.82) is 0 Å². The minimum atomic E-state index is -1.14. The minimum absolute atomic E-state index is 0.00595. The van der Waals surface area contributed by atoms with Crippen molar-refractivity contribution in [3.63, 3.8) is 0 Å². The Morgan fingerprint density at radius 2 is 0.776 bits per heavy atom. The normalized spacial score (nSPS) is 11.3. The molecule has 0 radical (unpaired) electrons. The van der Waals surface area contributed by atoms with Crippen LogP contribution in [0, 0.1) is 0 Å². The highest BCUT2D eigenvalue weighted by atomic mass is 16.4. The molecular weight excluding hydrogens is 1270 g/mol. The Morgan fingerprint density at radius 3 is 1.23 bits per heavy atom. The highest BCUT2D eigenvalue weighted by Crippen LogP contribution is 2.23. The van der Waals surface area contributed by atoms with Crippen molar-refractivity contribution < 1.29 is 57.8 Å². The van der Waals surface area contributed by atoms with E-state index in [0.717, 1.165) is 32.1 Å². The number of carbonyl (C=O) groups excluding carboxylic acids is 10. The maximum absolute atomic E-state index is 13.6. The number of carbonyl (C=O) groups is 11. The second kappa shape index (κ2) is 30.6. The number of carboxylic acids is 1. The van der Waals surface area contributed by atoms with E-state index in [-0.39, 0.29) is 105 Å². The summed E-state index contributed by atoms with van der Waals surface area (Å²) in [5.41, 5.74) is 8.48. The Hall–Kier alpha value is -12.7. The number of amides is 10. The van der Waals surface area contributed by atoms with Crippen LogP contribution in [0.1, 0.15) is 144 Å². The molecule has 8 aromatic heterocycles. The highest BCUT2D eigenvalue weighted by Gasteiger charge is 2.25. The predicted octanol–water partition coefficient (Wildman–Crippen LogP) is 3.38. The van der Waals surface area contributed by atoms with Crippen molar-refractivity contribution in [1.82, 2.24) is 72.4 Å². The zero-order valence-corrected chi connectivity index (χ0v) is 54.6. The molecule has 512 valence electrons. The standard InChI is InChI=1S/C63H73N23O12/c1-79-22-21-65-49(79)60(94)78-48-34-86(8)52(75-48)62(96)72-40-27-45(83(5)31-40)58(92)77-47-33-84(6)50(73-47)59(93)68-20-17-41(64)54(88)76-46-32-85(7)51(74-46)61(95)71-39-26-44(82(4)30-39)57(91)70-38-25-43(81(3)29-38)56(90)69-37-24-42(80(2)28-37)55(89)67-19-13-11-9-10-12-18-66-53(87)35-15-14-16-36(23-35)63(97)98/h14-16,21-34,41H,9-13,17-20,64H2,1-8H3,(H,66,87)(H,67,89)(H,68,93)(H,69,90)(H,70,91)(H,71,95)(H,72,96)(H,76,88)(H,77,92)(H,78,94)(H,97,98)/t41-/m1/s1. The van der Waals surface area contributed by atoms with Gasteiger partial charge in [-0.2, -0.15) is 0 Å². The third-order valence-electron chi connectivity index (χ3n) is 15.4. The lowest BCUT2D eigenvalue weighted by molar-refractivity contribution is -0.117. The van der Waals surface area contributed by atoms with Crippen molar-refractivity contribution in [2.45, 2.75) is 44.6 Å². The minimum Gasteiger partial charge on any atom is -0.478 e. The summed E-state index contributed by atoms with van der Waals surface area (Å²) in [5.74, 6) is -6.42. The number of rotatable bonds is 29. The topological polar surface area (TPSA) is 445 Å². The molecule has 10 amide bonds. The van der Waals surface area contributed by atoms with E-state index in [1.54, 1.807) is 84.6 Å². The van der Waals surface area contributed by atoms with E-state index in [1.165, 1.54) is 113 Å². The molecule has 35 heteroatoms. The Kier molecular flexibility index (Phi) is 21.7. The van der Waals surface area contributed by atoms with Gasteiger partial charge in [0, 0.05) is 137 Å². The van der Waals surface area contributed by atoms with Crippen LogP contribution in [0.5, 0.6) is 0 Å². The lowest BCUT2D eigenvalue weighted by atomic mass is 10.1. The van der Waals surface area contributed by atoms with Crippen LogP contribution in [0.4, 0.5) is 40.2 Å². The van der Waals surface area contributed by atoms with Crippen LogP contribution in [0.25, 0.3) is 0 Å². The van der Waals surface area contributed by atoms with Crippen LogP contribution in [-0.4, -0.2) is 152 Å². The van der Waals surface area contributed by atoms with Gasteiger partial charge in [-0.05, 0) is 61.7 Å². The quantitative estimate of drug-likeness (QED) is 0.0299. The van der Waals surface area contributed by atoms with Crippen LogP contribution in [0.15, 0.2) is 104 Å². The van der Waals surface area contributed by atoms with Crippen LogP contribution in [0.2, 0.25) is 0 Å². The molecule has 9 rings (SSSR count). The summed E-state index contributed by atoms with van der Waals surface area (Å²) in [7, 11) is 12.8. The number of nitrogens with one attached hydrogen (secondary N) is 10. The molecule has 0 saturated heterocycles. The molecule has 0 bridgehead atoms. The number of imidazole rings is 4. The number of anilines is 7. The molecule has 0 spiro atoms. The fourth-order valence-electron chi connectivity index (χ4n) is 10.3. The average molecular weight is 1340 g/mol. The molecule has 35 nitrogen and oxygen atoms in total. The largest absolute Gasteiger partial charge is 0.478 e. The third kappa shape index (κ3) is 17.2. The van der Waals surface area contributed by atoms with Crippen molar-refractivity contribution in [3.05, 3.63) is 162 Å². The van der Waals surface area contributed by atoms with Crippen molar-refractivity contribution in [2.24, 2.45) is 62.1 Å². The maximum Gasteiger partial charge on any atom is 0.335 e. The second-order valence-electron chi connectivity index (χ2n) is 23.0. The van der Waals surface area contributed by atoms with Gasteiger partial charge in [-0.15, -0.1) is 0 Å². The molecule has 98 heavy (non-hydrogen) atoms. The number of unbranched alkanes of at least 4 members (excludes halogenated alkanes) is 4. The molecule has 1 aromatic carbocycles. The number of nitrogens with two attached hydrogens (primary N) is 1. The first-order valence-corrected chi connectivity index (χ1v) is 30.6. The van der Waals surface area contributed by atoms with Crippen LogP contribution >= 0.6 is 0 Å². The van der Waals surface area contributed by atoms with Gasteiger partial charge in [0.1, 0.15) is 22.8 Å². The van der Waals surface area contributed by atoms with Crippen molar-refractivity contribution in [3.8, 4) is 0 Å². The second-order valence-corrected chi connectivity index (χ2v) is 23.0. The van der Waals surface area contributed by atoms with Gasteiger partial charge in [0.15, 0.2) is 23.3 Å². The summed E-state index contributed by atoms with van der Waals surface area (Å²) in [6.45, 7) is 0.816.